The van der Waals surface area contributed by atoms with Crippen molar-refractivity contribution in [3.8, 4) is 5.75 Å². The Morgan fingerprint density at radius 2 is 2.04 bits per heavy atom. The second-order valence-corrected chi connectivity index (χ2v) is 7.06. The van der Waals surface area contributed by atoms with Crippen molar-refractivity contribution in [2.24, 2.45) is 5.92 Å². The number of aromatic nitrogens is 1. The summed E-state index contributed by atoms with van der Waals surface area (Å²) in [5, 5.41) is 1.79. The Labute approximate surface area is 152 Å². The number of Topliss-reactive ketones (excluding diaryl/α,β-unsaturated/α-hetero) is 1. The summed E-state index contributed by atoms with van der Waals surface area (Å²) in [5.74, 6) is 1.32. The molecular formula is C21H20ClNO2. The quantitative estimate of drug-likeness (QED) is 0.565. The van der Waals surface area contributed by atoms with Crippen LogP contribution in [0.15, 0.2) is 48.7 Å². The van der Waals surface area contributed by atoms with Crippen LogP contribution in [0.3, 0.4) is 0 Å². The van der Waals surface area contributed by atoms with Gasteiger partial charge in [0.2, 0.25) is 0 Å². The molecule has 1 aromatic heterocycles. The number of hydrogen-bond donors (Lipinski definition) is 0. The van der Waals surface area contributed by atoms with Crippen LogP contribution in [0, 0.1) is 12.8 Å². The molecule has 1 aliphatic rings. The number of para-hydroxylation sites is 1. The average Bonchev–Trinajstić information content (AvgIpc) is 3.40. The molecule has 0 unspecified atom stereocenters. The molecule has 128 valence electrons. The van der Waals surface area contributed by atoms with Gasteiger partial charge in [-0.05, 0) is 49.6 Å². The summed E-state index contributed by atoms with van der Waals surface area (Å²) >= 11 is 6.05. The largest absolute Gasteiger partial charge is 0.492 e. The van der Waals surface area contributed by atoms with Crippen LogP contribution in [0.5, 0.6) is 5.75 Å². The van der Waals surface area contributed by atoms with Crippen LogP contribution < -0.4 is 4.74 Å². The predicted octanol–water partition coefficient (Wildman–Crippen LogP) is 5.27. The van der Waals surface area contributed by atoms with E-state index in [4.69, 9.17) is 16.3 Å². The smallest absolute Gasteiger partial charge is 0.168 e. The van der Waals surface area contributed by atoms with E-state index < -0.39 is 0 Å². The van der Waals surface area contributed by atoms with Gasteiger partial charge in [0.25, 0.3) is 0 Å². The van der Waals surface area contributed by atoms with Gasteiger partial charge in [-0.25, -0.2) is 0 Å². The van der Waals surface area contributed by atoms with E-state index in [0.717, 1.165) is 45.6 Å². The third-order valence-electron chi connectivity index (χ3n) is 4.73. The van der Waals surface area contributed by atoms with Crippen LogP contribution >= 0.6 is 11.6 Å². The number of nitrogens with zero attached hydrogens (tertiary/aromatic N) is 1. The highest BCUT2D eigenvalue weighted by molar-refractivity contribution is 6.31. The highest BCUT2D eigenvalue weighted by Gasteiger charge is 2.32. The minimum atomic E-state index is 0.229. The zero-order chi connectivity index (χ0) is 17.4. The van der Waals surface area contributed by atoms with Crippen molar-refractivity contribution in [1.29, 1.82) is 0 Å². The normalized spacial score (nSPS) is 14.0. The molecule has 3 nitrogen and oxygen atoms in total. The molecule has 25 heavy (non-hydrogen) atoms. The van der Waals surface area contributed by atoms with Gasteiger partial charge >= 0.3 is 0 Å². The van der Waals surface area contributed by atoms with Gasteiger partial charge in [0.15, 0.2) is 5.78 Å². The van der Waals surface area contributed by atoms with Gasteiger partial charge in [-0.1, -0.05) is 29.8 Å². The number of ketones is 1. The SMILES string of the molecule is Cc1cc(OCCn2cc(C(=O)C3CC3)c3ccccc32)ccc1Cl. The summed E-state index contributed by atoms with van der Waals surface area (Å²) in [7, 11) is 0. The van der Waals surface area contributed by atoms with Crippen molar-refractivity contribution in [3.05, 3.63) is 64.8 Å². The van der Waals surface area contributed by atoms with Crippen molar-refractivity contribution in [2.45, 2.75) is 26.3 Å². The Morgan fingerprint density at radius 3 is 2.80 bits per heavy atom. The summed E-state index contributed by atoms with van der Waals surface area (Å²) in [4.78, 5) is 12.5. The van der Waals surface area contributed by atoms with Gasteiger partial charge in [0, 0.05) is 33.6 Å². The summed E-state index contributed by atoms with van der Waals surface area (Å²) in [6, 6.07) is 13.8. The van der Waals surface area contributed by atoms with E-state index in [2.05, 4.69) is 10.6 Å². The van der Waals surface area contributed by atoms with E-state index in [-0.39, 0.29) is 11.7 Å². The van der Waals surface area contributed by atoms with E-state index >= 15 is 0 Å². The Kier molecular flexibility index (Phi) is 4.26. The Balaban J connectivity index is 1.53. The number of ether oxygens (including phenoxy) is 1. The minimum absolute atomic E-state index is 0.229. The third kappa shape index (κ3) is 3.29. The van der Waals surface area contributed by atoms with Crippen LogP contribution in [-0.4, -0.2) is 17.0 Å². The fraction of sp³-hybridized carbons (Fsp3) is 0.286. The monoisotopic (exact) mass is 353 g/mol. The van der Waals surface area contributed by atoms with Crippen molar-refractivity contribution < 1.29 is 9.53 Å². The molecule has 1 aliphatic carbocycles. The number of aryl methyl sites for hydroxylation is 1. The van der Waals surface area contributed by atoms with Crippen molar-refractivity contribution in [3.63, 3.8) is 0 Å². The molecule has 0 amide bonds. The second-order valence-electron chi connectivity index (χ2n) is 6.65. The lowest BCUT2D eigenvalue weighted by Crippen LogP contribution is -2.07. The van der Waals surface area contributed by atoms with Gasteiger partial charge in [0.1, 0.15) is 12.4 Å². The van der Waals surface area contributed by atoms with E-state index in [0.29, 0.717) is 13.2 Å². The van der Waals surface area contributed by atoms with Gasteiger partial charge in [-0.15, -0.1) is 0 Å². The predicted molar refractivity (Wildman–Crippen MR) is 101 cm³/mol. The molecule has 3 aromatic rings. The first-order valence-corrected chi connectivity index (χ1v) is 9.02. The Morgan fingerprint density at radius 1 is 1.24 bits per heavy atom. The topological polar surface area (TPSA) is 31.2 Å². The zero-order valence-electron chi connectivity index (χ0n) is 14.2. The van der Waals surface area contributed by atoms with Gasteiger partial charge in [0.05, 0.1) is 6.54 Å². The summed E-state index contributed by atoms with van der Waals surface area (Å²) in [5.41, 5.74) is 2.94. The molecule has 1 saturated carbocycles. The number of carbonyl (C=O) groups is 1. The molecule has 0 aliphatic heterocycles. The van der Waals surface area contributed by atoms with E-state index in [1.165, 1.54) is 0 Å². The standard InChI is InChI=1S/C21H20ClNO2/c1-14-12-16(8-9-19(14)22)25-11-10-23-13-18(21(24)15-6-7-15)17-4-2-3-5-20(17)23/h2-5,8-9,12-13,15H,6-7,10-11H2,1H3. The third-order valence-corrected chi connectivity index (χ3v) is 5.16. The first-order chi connectivity index (χ1) is 12.1. The summed E-state index contributed by atoms with van der Waals surface area (Å²) < 4.78 is 7.98. The maximum Gasteiger partial charge on any atom is 0.168 e. The number of fused-ring (bicyclic) bond motifs is 1. The first kappa shape index (κ1) is 16.2. The van der Waals surface area contributed by atoms with Crippen LogP contribution in [0.2, 0.25) is 5.02 Å². The lowest BCUT2D eigenvalue weighted by atomic mass is 10.1. The molecule has 2 aromatic carbocycles. The van der Waals surface area contributed by atoms with E-state index in [9.17, 15) is 4.79 Å². The molecule has 0 saturated heterocycles. The molecule has 0 spiro atoms. The molecule has 0 atom stereocenters. The number of rotatable bonds is 6. The highest BCUT2D eigenvalue weighted by atomic mass is 35.5. The molecule has 1 fully saturated rings. The van der Waals surface area contributed by atoms with Crippen LogP contribution in [0.1, 0.15) is 28.8 Å². The fourth-order valence-electron chi connectivity index (χ4n) is 3.16. The van der Waals surface area contributed by atoms with Crippen molar-refractivity contribution in [2.75, 3.05) is 6.61 Å². The molecule has 4 rings (SSSR count). The number of halogens is 1. The fourth-order valence-corrected chi connectivity index (χ4v) is 3.28. The van der Waals surface area contributed by atoms with Crippen molar-refractivity contribution in [1.82, 2.24) is 4.57 Å². The maximum absolute atomic E-state index is 12.5. The minimum Gasteiger partial charge on any atom is -0.492 e. The molecule has 0 N–H and O–H groups in total. The summed E-state index contributed by atoms with van der Waals surface area (Å²) in [6.45, 7) is 3.20. The van der Waals surface area contributed by atoms with Gasteiger partial charge in [-0.3, -0.25) is 4.79 Å². The van der Waals surface area contributed by atoms with Crippen LogP contribution in [0.4, 0.5) is 0 Å². The molecule has 0 bridgehead atoms. The number of carbonyl (C=O) groups excluding carboxylic acids is 1. The Hall–Kier alpha value is -2.26. The highest BCUT2D eigenvalue weighted by Crippen LogP contribution is 2.35. The van der Waals surface area contributed by atoms with E-state index in [1.807, 2.05) is 49.5 Å². The maximum atomic E-state index is 12.5. The van der Waals surface area contributed by atoms with Crippen molar-refractivity contribution >= 4 is 28.3 Å². The number of hydrogen-bond acceptors (Lipinski definition) is 2. The molecule has 0 radical (unpaired) electrons. The van der Waals surface area contributed by atoms with Gasteiger partial charge in [-0.2, -0.15) is 0 Å². The lowest BCUT2D eigenvalue weighted by molar-refractivity contribution is 0.0969. The van der Waals surface area contributed by atoms with Crippen LogP contribution in [-0.2, 0) is 6.54 Å². The van der Waals surface area contributed by atoms with E-state index in [1.54, 1.807) is 0 Å². The summed E-state index contributed by atoms with van der Waals surface area (Å²) in [6.07, 6.45) is 4.04. The second kappa shape index (κ2) is 6.57. The molecule has 4 heteroatoms. The zero-order valence-corrected chi connectivity index (χ0v) is 14.9. The Bertz CT molecular complexity index is 940. The average molecular weight is 354 g/mol. The van der Waals surface area contributed by atoms with Gasteiger partial charge < -0.3 is 9.30 Å². The molecular weight excluding hydrogens is 334 g/mol. The lowest BCUT2D eigenvalue weighted by Gasteiger charge is -2.09. The molecule has 1 heterocycles. The number of benzene rings is 2. The van der Waals surface area contributed by atoms with Crippen LogP contribution in [0.25, 0.3) is 10.9 Å². The first-order valence-electron chi connectivity index (χ1n) is 8.64.